The standard InChI is InChI=1S/C30H29F5N2O3/c1-40-22-4-5-26-23(15-22)28(20(17-31)18-36-26)24(33)6-7-30(16-27(38)39)8-11-37(12-9-30)10-2-3-19-13-21(32)14-25(34)29(19)35/h4-5,13-15,18,24H,6-12,16-17H2,1H3,(H,38,39)/t24-/m0/s1. The molecule has 0 amide bonds. The fraction of sp³-hybridized carbons (Fsp3) is 0.400. The summed E-state index contributed by atoms with van der Waals surface area (Å²) in [5.74, 6) is 1.21. The Kier molecular flexibility index (Phi) is 9.25. The lowest BCUT2D eigenvalue weighted by atomic mass is 9.71. The van der Waals surface area contributed by atoms with Crippen LogP contribution in [0.25, 0.3) is 10.9 Å². The molecule has 1 N–H and O–H groups in total. The molecule has 1 saturated heterocycles. The third kappa shape index (κ3) is 6.70. The van der Waals surface area contributed by atoms with Gasteiger partial charge < -0.3 is 9.84 Å². The molecule has 0 bridgehead atoms. The summed E-state index contributed by atoms with van der Waals surface area (Å²) < 4.78 is 75.5. The Morgan fingerprint density at radius 2 is 1.95 bits per heavy atom. The van der Waals surface area contributed by atoms with Crippen LogP contribution in [0.15, 0.2) is 36.5 Å². The number of likely N-dealkylation sites (tertiary alicyclic amines) is 1. The van der Waals surface area contributed by atoms with Gasteiger partial charge in [0.2, 0.25) is 0 Å². The van der Waals surface area contributed by atoms with Crippen LogP contribution in [0.1, 0.15) is 55.0 Å². The smallest absolute Gasteiger partial charge is 0.303 e. The lowest BCUT2D eigenvalue weighted by Gasteiger charge is -2.41. The van der Waals surface area contributed by atoms with E-state index in [0.717, 1.165) is 6.07 Å². The molecule has 1 aromatic heterocycles. The minimum atomic E-state index is -1.54. The van der Waals surface area contributed by atoms with Crippen LogP contribution < -0.4 is 4.74 Å². The van der Waals surface area contributed by atoms with Crippen molar-refractivity contribution in [2.45, 2.75) is 45.0 Å². The van der Waals surface area contributed by atoms with Crippen LogP contribution >= 0.6 is 0 Å². The normalized spacial score (nSPS) is 15.8. The molecule has 1 aliphatic heterocycles. The number of carboxylic acid groups (broad SMARTS) is 1. The SMILES string of the molecule is COc1ccc2ncc(CF)c([C@@H](F)CCC3(CC(=O)O)CCN(CC#Cc4cc(F)cc(F)c4F)CC3)c2c1. The van der Waals surface area contributed by atoms with Gasteiger partial charge in [-0.15, -0.1) is 0 Å². The summed E-state index contributed by atoms with van der Waals surface area (Å²) in [5, 5.41) is 10.1. The van der Waals surface area contributed by atoms with E-state index < -0.39 is 41.7 Å². The quantitative estimate of drug-likeness (QED) is 0.183. The van der Waals surface area contributed by atoms with Gasteiger partial charge in [0.1, 0.15) is 24.4 Å². The Hall–Kier alpha value is -3.71. The van der Waals surface area contributed by atoms with Crippen LogP contribution in [0.2, 0.25) is 0 Å². The van der Waals surface area contributed by atoms with Crippen molar-refractivity contribution in [2.24, 2.45) is 5.41 Å². The van der Waals surface area contributed by atoms with Gasteiger partial charge in [-0.25, -0.2) is 22.0 Å². The van der Waals surface area contributed by atoms with Crippen LogP contribution in [-0.4, -0.2) is 47.7 Å². The van der Waals surface area contributed by atoms with Crippen molar-refractivity contribution < 1.29 is 36.6 Å². The molecule has 0 aliphatic carbocycles. The van der Waals surface area contributed by atoms with E-state index in [1.807, 2.05) is 4.90 Å². The highest BCUT2D eigenvalue weighted by Gasteiger charge is 2.37. The molecule has 5 nitrogen and oxygen atoms in total. The molecule has 3 aromatic rings. The number of ether oxygens (including phenoxy) is 1. The number of aromatic nitrogens is 1. The van der Waals surface area contributed by atoms with Crippen LogP contribution in [0, 0.1) is 34.7 Å². The van der Waals surface area contributed by atoms with Gasteiger partial charge in [0.25, 0.3) is 0 Å². The number of rotatable bonds is 9. The molecular weight excluding hydrogens is 531 g/mol. The maximum absolute atomic E-state index is 15.8. The number of aliphatic carboxylic acids is 1. The molecule has 0 saturated carbocycles. The first-order chi connectivity index (χ1) is 19.1. The molecule has 2 heterocycles. The average Bonchev–Trinajstić information content (AvgIpc) is 2.94. The highest BCUT2D eigenvalue weighted by Crippen LogP contribution is 2.43. The summed E-state index contributed by atoms with van der Waals surface area (Å²) in [6.07, 6.45) is 0.823. The third-order valence-electron chi connectivity index (χ3n) is 7.55. The van der Waals surface area contributed by atoms with E-state index in [1.165, 1.54) is 13.3 Å². The zero-order valence-corrected chi connectivity index (χ0v) is 22.0. The van der Waals surface area contributed by atoms with E-state index in [9.17, 15) is 27.5 Å². The van der Waals surface area contributed by atoms with Crippen molar-refractivity contribution in [1.29, 1.82) is 0 Å². The van der Waals surface area contributed by atoms with Gasteiger partial charge in [-0.1, -0.05) is 11.8 Å². The van der Waals surface area contributed by atoms with Crippen molar-refractivity contribution >= 4 is 16.9 Å². The van der Waals surface area contributed by atoms with Crippen LogP contribution in [0.4, 0.5) is 22.0 Å². The van der Waals surface area contributed by atoms with Crippen molar-refractivity contribution in [3.8, 4) is 17.6 Å². The number of benzene rings is 2. The average molecular weight is 561 g/mol. The second-order valence-corrected chi connectivity index (χ2v) is 10.1. The molecule has 1 fully saturated rings. The number of methoxy groups -OCH3 is 1. The molecule has 0 radical (unpaired) electrons. The van der Waals surface area contributed by atoms with E-state index in [4.69, 9.17) is 4.74 Å². The highest BCUT2D eigenvalue weighted by molar-refractivity contribution is 5.85. The number of hydrogen-bond acceptors (Lipinski definition) is 4. The summed E-state index contributed by atoms with van der Waals surface area (Å²) in [6.45, 7) is 0.226. The largest absolute Gasteiger partial charge is 0.497 e. The molecule has 4 rings (SSSR count). The fourth-order valence-corrected chi connectivity index (χ4v) is 5.33. The molecule has 212 valence electrons. The predicted octanol–water partition coefficient (Wildman–Crippen LogP) is 6.53. The summed E-state index contributed by atoms with van der Waals surface area (Å²) >= 11 is 0. The Morgan fingerprint density at radius 1 is 1.20 bits per heavy atom. The number of carboxylic acids is 1. The van der Waals surface area contributed by atoms with Gasteiger partial charge >= 0.3 is 5.97 Å². The van der Waals surface area contributed by atoms with Gasteiger partial charge in [-0.2, -0.15) is 0 Å². The highest BCUT2D eigenvalue weighted by atomic mass is 19.2. The maximum Gasteiger partial charge on any atom is 0.303 e. The lowest BCUT2D eigenvalue weighted by Crippen LogP contribution is -2.41. The number of alkyl halides is 2. The second-order valence-electron chi connectivity index (χ2n) is 10.1. The van der Waals surface area contributed by atoms with Crippen LogP contribution in [0.3, 0.4) is 0 Å². The predicted molar refractivity (Wildman–Crippen MR) is 140 cm³/mol. The van der Waals surface area contributed by atoms with Gasteiger partial charge in [0.15, 0.2) is 11.6 Å². The number of pyridine rings is 1. The summed E-state index contributed by atoms with van der Waals surface area (Å²) in [6, 6.07) is 6.26. The zero-order valence-electron chi connectivity index (χ0n) is 22.0. The van der Waals surface area contributed by atoms with E-state index in [0.29, 0.717) is 48.6 Å². The minimum Gasteiger partial charge on any atom is -0.497 e. The van der Waals surface area contributed by atoms with Crippen molar-refractivity contribution in [3.05, 3.63) is 70.7 Å². The summed E-state index contributed by atoms with van der Waals surface area (Å²) in [4.78, 5) is 17.9. The Bertz CT molecular complexity index is 1440. The van der Waals surface area contributed by atoms with Crippen LogP contribution in [-0.2, 0) is 11.5 Å². The van der Waals surface area contributed by atoms with Crippen molar-refractivity contribution in [3.63, 3.8) is 0 Å². The fourth-order valence-electron chi connectivity index (χ4n) is 5.33. The second kappa shape index (κ2) is 12.6. The summed E-state index contributed by atoms with van der Waals surface area (Å²) in [5.41, 5.74) is -0.202. The van der Waals surface area contributed by atoms with E-state index >= 15 is 4.39 Å². The zero-order chi connectivity index (χ0) is 28.9. The lowest BCUT2D eigenvalue weighted by molar-refractivity contribution is -0.141. The number of fused-ring (bicyclic) bond motifs is 1. The molecule has 0 unspecified atom stereocenters. The number of carbonyl (C=O) groups is 1. The van der Waals surface area contributed by atoms with E-state index in [-0.39, 0.29) is 42.5 Å². The molecule has 1 atom stereocenters. The molecule has 1 aliphatic rings. The molecular formula is C30H29F5N2O3. The van der Waals surface area contributed by atoms with Gasteiger partial charge in [-0.05, 0) is 68.5 Å². The van der Waals surface area contributed by atoms with E-state index in [2.05, 4.69) is 16.8 Å². The molecule has 10 heteroatoms. The first-order valence-electron chi connectivity index (χ1n) is 12.9. The third-order valence-corrected chi connectivity index (χ3v) is 7.55. The Balaban J connectivity index is 1.46. The minimum absolute atomic E-state index is 0.000814. The maximum atomic E-state index is 15.8. The molecule has 0 spiro atoms. The molecule has 40 heavy (non-hydrogen) atoms. The van der Waals surface area contributed by atoms with Crippen LogP contribution in [0.5, 0.6) is 5.75 Å². The number of piperidine rings is 1. The number of hydrogen-bond donors (Lipinski definition) is 1. The van der Waals surface area contributed by atoms with Crippen molar-refractivity contribution in [1.82, 2.24) is 9.88 Å². The van der Waals surface area contributed by atoms with Gasteiger partial charge in [-0.3, -0.25) is 14.7 Å². The Morgan fingerprint density at radius 3 is 2.62 bits per heavy atom. The van der Waals surface area contributed by atoms with E-state index in [1.54, 1.807) is 18.2 Å². The van der Waals surface area contributed by atoms with Gasteiger partial charge in [0.05, 0.1) is 31.2 Å². The number of halogens is 5. The first kappa shape index (κ1) is 29.3. The monoisotopic (exact) mass is 560 g/mol. The molecule has 2 aromatic carbocycles. The topological polar surface area (TPSA) is 62.7 Å². The Labute approximate surface area is 229 Å². The first-order valence-corrected chi connectivity index (χ1v) is 12.9. The van der Waals surface area contributed by atoms with Crippen molar-refractivity contribution in [2.75, 3.05) is 26.7 Å². The van der Waals surface area contributed by atoms with Gasteiger partial charge in [0, 0.05) is 28.8 Å². The summed E-state index contributed by atoms with van der Waals surface area (Å²) in [7, 11) is 1.48. The number of nitrogens with zero attached hydrogens (tertiary/aromatic N) is 2.